The minimum Gasteiger partial charge on any atom is -0.323 e. The molecule has 0 aromatic heterocycles. The fourth-order valence-corrected chi connectivity index (χ4v) is 4.23. The zero-order chi connectivity index (χ0) is 19.5. The monoisotopic (exact) mass is 414 g/mol. The van der Waals surface area contributed by atoms with Gasteiger partial charge in [-0.05, 0) is 43.7 Å². The van der Waals surface area contributed by atoms with Gasteiger partial charge in [0.25, 0.3) is 0 Å². The number of halogens is 2. The Bertz CT molecular complexity index is 899. The smallest absolute Gasteiger partial charge is 0.248 e. The van der Waals surface area contributed by atoms with Crippen molar-refractivity contribution < 1.29 is 13.2 Å². The number of hydrogen-bond donors (Lipinski definition) is 1. The van der Waals surface area contributed by atoms with Crippen molar-refractivity contribution in [3.63, 3.8) is 0 Å². The van der Waals surface area contributed by atoms with Gasteiger partial charge in [-0.25, -0.2) is 8.42 Å². The maximum Gasteiger partial charge on any atom is 0.248 e. The highest BCUT2D eigenvalue weighted by molar-refractivity contribution is 7.92. The van der Waals surface area contributed by atoms with Crippen LogP contribution in [0.2, 0.25) is 10.0 Å². The van der Waals surface area contributed by atoms with E-state index in [0.717, 1.165) is 16.1 Å². The van der Waals surface area contributed by atoms with Crippen molar-refractivity contribution in [2.75, 3.05) is 15.9 Å². The second kappa shape index (κ2) is 8.29. The first-order valence-corrected chi connectivity index (χ1v) is 10.6. The van der Waals surface area contributed by atoms with Gasteiger partial charge in [0, 0.05) is 5.02 Å². The van der Waals surface area contributed by atoms with E-state index in [-0.39, 0.29) is 11.4 Å². The minimum atomic E-state index is -3.68. The van der Waals surface area contributed by atoms with Crippen LogP contribution in [0.3, 0.4) is 0 Å². The van der Waals surface area contributed by atoms with E-state index < -0.39 is 22.0 Å². The summed E-state index contributed by atoms with van der Waals surface area (Å²) in [5, 5.41) is 3.41. The normalized spacial score (nSPS) is 12.5. The standard InChI is InChI=1S/C18H20Cl2N2O3S/c1-4-17(18(23)21-16-10-7-13(19)11-15(16)20)22(26(3,24)25)14-8-5-12(2)6-9-14/h5-11,17H,4H2,1-3H3,(H,21,23)/t17-/m1/s1. The number of rotatable bonds is 6. The Morgan fingerprint density at radius 2 is 1.77 bits per heavy atom. The van der Waals surface area contributed by atoms with Gasteiger partial charge in [-0.15, -0.1) is 0 Å². The Labute approximate surface area is 164 Å². The Morgan fingerprint density at radius 3 is 2.27 bits per heavy atom. The van der Waals surface area contributed by atoms with Gasteiger partial charge in [0.1, 0.15) is 6.04 Å². The molecule has 2 aromatic rings. The second-order valence-electron chi connectivity index (χ2n) is 5.93. The number of carbonyl (C=O) groups excluding carboxylic acids is 1. The lowest BCUT2D eigenvalue weighted by Crippen LogP contribution is -2.47. The fourth-order valence-electron chi connectivity index (χ4n) is 2.56. The van der Waals surface area contributed by atoms with Crippen molar-refractivity contribution in [2.24, 2.45) is 0 Å². The Hall–Kier alpha value is -1.76. The molecule has 0 radical (unpaired) electrons. The predicted molar refractivity (Wildman–Crippen MR) is 108 cm³/mol. The Kier molecular flexibility index (Phi) is 6.55. The fraction of sp³-hybridized carbons (Fsp3) is 0.278. The third-order valence-corrected chi connectivity index (χ3v) is 5.53. The van der Waals surface area contributed by atoms with Gasteiger partial charge in [-0.2, -0.15) is 0 Å². The van der Waals surface area contributed by atoms with Crippen LogP contribution >= 0.6 is 23.2 Å². The number of nitrogens with zero attached hydrogens (tertiary/aromatic N) is 1. The molecule has 1 atom stereocenters. The molecule has 0 fully saturated rings. The zero-order valence-electron chi connectivity index (χ0n) is 14.7. The maximum absolute atomic E-state index is 12.8. The topological polar surface area (TPSA) is 66.5 Å². The number of carbonyl (C=O) groups is 1. The maximum atomic E-state index is 12.8. The van der Waals surface area contributed by atoms with Gasteiger partial charge in [0.15, 0.2) is 0 Å². The van der Waals surface area contributed by atoms with Crippen LogP contribution < -0.4 is 9.62 Å². The molecule has 1 N–H and O–H groups in total. The summed E-state index contributed by atoms with van der Waals surface area (Å²) in [5.74, 6) is -0.470. The van der Waals surface area contributed by atoms with Crippen molar-refractivity contribution in [1.29, 1.82) is 0 Å². The molecule has 1 amide bonds. The van der Waals surface area contributed by atoms with Gasteiger partial charge < -0.3 is 5.32 Å². The molecule has 0 aliphatic carbocycles. The van der Waals surface area contributed by atoms with E-state index in [4.69, 9.17) is 23.2 Å². The van der Waals surface area contributed by atoms with Gasteiger partial charge >= 0.3 is 0 Å². The summed E-state index contributed by atoms with van der Waals surface area (Å²) < 4.78 is 25.9. The van der Waals surface area contributed by atoms with Crippen molar-refractivity contribution in [3.05, 3.63) is 58.1 Å². The van der Waals surface area contributed by atoms with Crippen LogP contribution in [0.25, 0.3) is 0 Å². The lowest BCUT2D eigenvalue weighted by molar-refractivity contribution is -0.117. The van der Waals surface area contributed by atoms with E-state index in [9.17, 15) is 13.2 Å². The highest BCUT2D eigenvalue weighted by Gasteiger charge is 2.31. The summed E-state index contributed by atoms with van der Waals surface area (Å²) in [6, 6.07) is 10.7. The first kappa shape index (κ1) is 20.6. The summed E-state index contributed by atoms with van der Waals surface area (Å²) in [6.45, 7) is 3.65. The van der Waals surface area contributed by atoms with Crippen LogP contribution in [0.4, 0.5) is 11.4 Å². The zero-order valence-corrected chi connectivity index (χ0v) is 17.0. The summed E-state index contributed by atoms with van der Waals surface area (Å²) in [6.07, 6.45) is 1.37. The molecule has 0 unspecified atom stereocenters. The molecule has 0 heterocycles. The number of benzene rings is 2. The number of anilines is 2. The summed E-state index contributed by atoms with van der Waals surface area (Å²) in [4.78, 5) is 12.8. The molecule has 0 spiro atoms. The van der Waals surface area contributed by atoms with Crippen molar-refractivity contribution in [2.45, 2.75) is 26.3 Å². The Morgan fingerprint density at radius 1 is 1.15 bits per heavy atom. The second-order valence-corrected chi connectivity index (χ2v) is 8.63. The van der Waals surface area contributed by atoms with Crippen LogP contribution in [-0.4, -0.2) is 26.6 Å². The van der Waals surface area contributed by atoms with E-state index in [1.807, 2.05) is 6.92 Å². The largest absolute Gasteiger partial charge is 0.323 e. The molecule has 2 rings (SSSR count). The summed E-state index contributed by atoms with van der Waals surface area (Å²) in [7, 11) is -3.68. The van der Waals surface area contributed by atoms with Gasteiger partial charge in [0.05, 0.1) is 22.7 Å². The van der Waals surface area contributed by atoms with Crippen LogP contribution in [-0.2, 0) is 14.8 Å². The van der Waals surface area contributed by atoms with Gasteiger partial charge in [0.2, 0.25) is 15.9 Å². The molecule has 26 heavy (non-hydrogen) atoms. The number of sulfonamides is 1. The first-order valence-electron chi connectivity index (χ1n) is 7.95. The van der Waals surface area contributed by atoms with E-state index in [0.29, 0.717) is 16.4 Å². The molecule has 2 aromatic carbocycles. The molecule has 0 saturated carbocycles. The molecule has 8 heteroatoms. The molecule has 140 valence electrons. The summed E-state index contributed by atoms with van der Waals surface area (Å²) in [5.41, 5.74) is 1.80. The lowest BCUT2D eigenvalue weighted by atomic mass is 10.1. The van der Waals surface area contributed by atoms with Gasteiger partial charge in [-0.3, -0.25) is 9.10 Å². The third kappa shape index (κ3) is 4.90. The third-order valence-electron chi connectivity index (χ3n) is 3.81. The summed E-state index contributed by atoms with van der Waals surface area (Å²) >= 11 is 12.0. The molecule has 5 nitrogen and oxygen atoms in total. The highest BCUT2D eigenvalue weighted by Crippen LogP contribution is 2.27. The average Bonchev–Trinajstić information content (AvgIpc) is 2.55. The SMILES string of the molecule is CC[C@H](C(=O)Nc1ccc(Cl)cc1Cl)N(c1ccc(C)cc1)S(C)(=O)=O. The minimum absolute atomic E-state index is 0.280. The first-order chi connectivity index (χ1) is 12.1. The molecular weight excluding hydrogens is 395 g/mol. The average molecular weight is 415 g/mol. The molecule has 0 aliphatic heterocycles. The molecular formula is C18H20Cl2N2O3S. The number of hydrogen-bond acceptors (Lipinski definition) is 3. The highest BCUT2D eigenvalue weighted by atomic mass is 35.5. The van der Waals surface area contributed by atoms with Gasteiger partial charge in [-0.1, -0.05) is 47.8 Å². The Balaban J connectivity index is 2.38. The van der Waals surface area contributed by atoms with Crippen molar-refractivity contribution in [1.82, 2.24) is 0 Å². The van der Waals surface area contributed by atoms with Crippen molar-refractivity contribution >= 4 is 50.5 Å². The number of nitrogens with one attached hydrogen (secondary N) is 1. The molecule has 0 aliphatic rings. The van der Waals surface area contributed by atoms with Crippen LogP contribution in [0.5, 0.6) is 0 Å². The number of amides is 1. The predicted octanol–water partition coefficient (Wildman–Crippen LogP) is 4.49. The van der Waals surface area contributed by atoms with E-state index in [2.05, 4.69) is 5.32 Å². The lowest BCUT2D eigenvalue weighted by Gasteiger charge is -2.30. The molecule has 0 saturated heterocycles. The van der Waals surface area contributed by atoms with Crippen LogP contribution in [0.1, 0.15) is 18.9 Å². The molecule has 0 bridgehead atoms. The number of aryl methyl sites for hydroxylation is 1. The van der Waals surface area contributed by atoms with E-state index in [1.165, 1.54) is 6.07 Å². The quantitative estimate of drug-likeness (QED) is 0.756. The van der Waals surface area contributed by atoms with Crippen LogP contribution in [0, 0.1) is 6.92 Å². The van der Waals surface area contributed by atoms with E-state index in [1.54, 1.807) is 43.3 Å². The van der Waals surface area contributed by atoms with Crippen molar-refractivity contribution in [3.8, 4) is 0 Å². The van der Waals surface area contributed by atoms with Crippen LogP contribution in [0.15, 0.2) is 42.5 Å². The van der Waals surface area contributed by atoms with E-state index >= 15 is 0 Å².